The largest absolute Gasteiger partial charge is 0.332 e. The van der Waals surface area contributed by atoms with Gasteiger partial charge in [-0.1, -0.05) is 206 Å². The fourth-order valence-corrected chi connectivity index (χ4v) is 16.9. The molecule has 70 heavy (non-hydrogen) atoms. The van der Waals surface area contributed by atoms with Crippen LogP contribution >= 0.6 is 0 Å². The van der Waals surface area contributed by atoms with E-state index in [9.17, 15) is 0 Å². The summed E-state index contributed by atoms with van der Waals surface area (Å²) in [5.41, 5.74) is 14.8. The number of aromatic nitrogens is 2. The Morgan fingerprint density at radius 2 is 0.900 bits per heavy atom. The molecule has 0 saturated carbocycles. The molecule has 3 heterocycles. The lowest BCUT2D eigenvalue weighted by atomic mass is 9.92. The first-order valence-electron chi connectivity index (χ1n) is 24.4. The third-order valence-electron chi connectivity index (χ3n) is 15.2. The molecule has 0 bridgehead atoms. The number of hydrogen-bond donors (Lipinski definition) is 0. The second-order valence-corrected chi connectivity index (χ2v) is 22.6. The molecule has 3 nitrogen and oxygen atoms in total. The molecule has 10 aromatic carbocycles. The molecule has 330 valence electrons. The van der Waals surface area contributed by atoms with Crippen molar-refractivity contribution in [2.45, 2.75) is 12.5 Å². The van der Waals surface area contributed by atoms with E-state index >= 15 is 0 Å². The van der Waals surface area contributed by atoms with Gasteiger partial charge in [0.05, 0.1) is 22.6 Å². The van der Waals surface area contributed by atoms with Crippen molar-refractivity contribution in [2.75, 3.05) is 4.90 Å². The first-order valence-corrected chi connectivity index (χ1v) is 26.4. The van der Waals surface area contributed by atoms with Crippen molar-refractivity contribution in [3.05, 3.63) is 278 Å². The third-order valence-corrected chi connectivity index (χ3v) is 19.9. The maximum absolute atomic E-state index is 2.64. The number of fused-ring (bicyclic) bond motifs is 9. The predicted molar refractivity (Wildman–Crippen MR) is 298 cm³/mol. The molecule has 0 saturated heterocycles. The van der Waals surface area contributed by atoms with Gasteiger partial charge < -0.3 is 14.0 Å². The highest BCUT2D eigenvalue weighted by atomic mass is 28.3. The van der Waals surface area contributed by atoms with E-state index in [1.54, 1.807) is 0 Å². The van der Waals surface area contributed by atoms with Crippen LogP contribution in [0.5, 0.6) is 0 Å². The minimum atomic E-state index is -2.64. The molecule has 2 aliphatic rings. The van der Waals surface area contributed by atoms with Gasteiger partial charge in [0.25, 0.3) is 0 Å². The third kappa shape index (κ3) is 6.13. The van der Waals surface area contributed by atoms with Crippen molar-refractivity contribution in [3.8, 4) is 16.8 Å². The van der Waals surface area contributed by atoms with Crippen LogP contribution in [-0.4, -0.2) is 17.2 Å². The van der Waals surface area contributed by atoms with Gasteiger partial charge in [-0.25, -0.2) is 0 Å². The van der Waals surface area contributed by atoms with E-state index in [1.165, 1.54) is 92.3 Å². The topological polar surface area (TPSA) is 13.1 Å². The fourth-order valence-electron chi connectivity index (χ4n) is 12.1. The van der Waals surface area contributed by atoms with Gasteiger partial charge in [0.15, 0.2) is 8.07 Å². The van der Waals surface area contributed by atoms with Gasteiger partial charge in [0.2, 0.25) is 0 Å². The summed E-state index contributed by atoms with van der Waals surface area (Å²) in [6.07, 6.45) is 5.84. The van der Waals surface area contributed by atoms with Crippen LogP contribution in [0, 0.1) is 0 Å². The zero-order valence-corrected chi connectivity index (χ0v) is 39.5. The van der Waals surface area contributed by atoms with E-state index in [0.29, 0.717) is 0 Å². The molecule has 2 aromatic heterocycles. The molecule has 14 rings (SSSR count). The molecule has 4 heteroatoms. The Hall–Kier alpha value is -8.70. The van der Waals surface area contributed by atoms with Crippen molar-refractivity contribution in [1.82, 2.24) is 9.13 Å². The van der Waals surface area contributed by atoms with Crippen LogP contribution in [0.25, 0.3) is 66.0 Å². The highest BCUT2D eigenvalue weighted by Crippen LogP contribution is 2.51. The van der Waals surface area contributed by atoms with Crippen LogP contribution in [0.15, 0.2) is 273 Å². The molecule has 0 N–H and O–H groups in total. The van der Waals surface area contributed by atoms with Gasteiger partial charge in [-0.2, -0.15) is 0 Å². The summed E-state index contributed by atoms with van der Waals surface area (Å²) < 4.78 is 5.00. The number of allylic oxidation sites excluding steroid dienone is 3. The highest BCUT2D eigenvalue weighted by molar-refractivity contribution is 7.19. The zero-order valence-electron chi connectivity index (χ0n) is 38.5. The molecular formula is C66H47N3Si. The van der Waals surface area contributed by atoms with Crippen molar-refractivity contribution < 1.29 is 0 Å². The second-order valence-electron chi connectivity index (χ2n) is 18.8. The van der Waals surface area contributed by atoms with E-state index in [4.69, 9.17) is 0 Å². The number of anilines is 2. The molecule has 0 radical (unpaired) electrons. The van der Waals surface area contributed by atoms with Gasteiger partial charge in [-0.3, -0.25) is 0 Å². The van der Waals surface area contributed by atoms with Crippen LogP contribution in [0.2, 0.25) is 0 Å². The molecule has 1 aliphatic heterocycles. The van der Waals surface area contributed by atoms with Crippen molar-refractivity contribution in [1.29, 1.82) is 0 Å². The maximum atomic E-state index is 2.60. The lowest BCUT2D eigenvalue weighted by Gasteiger charge is -2.34. The SMILES string of the molecule is C1=C2c3cccc4c5ccccc5n(c34)C2CC=C1N(c1ccc(-c2ccc([Si](c3ccccc3)(c3ccccc3)c3ccccc3)cc2)cc1)c1ccc2c(c1)c1ccccc1n2-c1ccccc1. The summed E-state index contributed by atoms with van der Waals surface area (Å²) in [4.78, 5) is 2.48. The summed E-state index contributed by atoms with van der Waals surface area (Å²) in [7, 11) is -2.64. The van der Waals surface area contributed by atoms with Crippen molar-refractivity contribution in [2.24, 2.45) is 0 Å². The summed E-state index contributed by atoms with van der Waals surface area (Å²) in [6.45, 7) is 0. The van der Waals surface area contributed by atoms with E-state index in [2.05, 4.69) is 281 Å². The lowest BCUT2D eigenvalue weighted by molar-refractivity contribution is 0.680. The normalized spacial score (nSPS) is 14.3. The van der Waals surface area contributed by atoms with Crippen molar-refractivity contribution in [3.63, 3.8) is 0 Å². The quantitative estimate of drug-likeness (QED) is 0.104. The fraction of sp³-hybridized carbons (Fsp3) is 0.0303. The minimum Gasteiger partial charge on any atom is -0.332 e. The Morgan fingerprint density at radius 1 is 0.400 bits per heavy atom. The zero-order chi connectivity index (χ0) is 46.2. The van der Waals surface area contributed by atoms with Crippen LogP contribution < -0.4 is 25.6 Å². The van der Waals surface area contributed by atoms with Crippen LogP contribution in [0.3, 0.4) is 0 Å². The Labute approximate surface area is 408 Å². The molecule has 12 aromatic rings. The van der Waals surface area contributed by atoms with E-state index in [1.807, 2.05) is 0 Å². The molecule has 0 fully saturated rings. The molecule has 1 aliphatic carbocycles. The molecule has 1 unspecified atom stereocenters. The summed E-state index contributed by atoms with van der Waals surface area (Å²) in [5, 5.41) is 10.6. The lowest BCUT2D eigenvalue weighted by Crippen LogP contribution is -2.74. The predicted octanol–water partition coefficient (Wildman–Crippen LogP) is 14.0. The van der Waals surface area contributed by atoms with Crippen LogP contribution in [0.1, 0.15) is 18.0 Å². The smallest absolute Gasteiger partial charge is 0.179 e. The Bertz CT molecular complexity index is 3900. The average Bonchev–Trinajstić information content (AvgIpc) is 4.08. The van der Waals surface area contributed by atoms with E-state index in [0.717, 1.165) is 23.5 Å². The standard InChI is InChI=1S/C66H47N3Si/c1-5-18-48(19-6-1)68-62-30-15-14-27-57(62)60-44-50(38-42-64(60)68)67(51-39-43-65-61(45-51)59-29-17-28-58-56-26-13-16-31-63(56)69(65)66(58)59)49-36-32-46(33-37-49)47-34-40-55(41-35-47)70(52-20-7-2-8-21-52,53-22-9-3-10-23-53)54-24-11-4-12-25-54/h1-42,44-45,65H,43H2. The number of hydrogen-bond acceptors (Lipinski definition) is 1. The first kappa shape index (κ1) is 40.4. The first-order chi connectivity index (χ1) is 34.7. The Kier molecular flexibility index (Phi) is 9.36. The number of nitrogens with zero attached hydrogens (tertiary/aromatic N) is 3. The number of para-hydroxylation sites is 4. The molecular weight excluding hydrogens is 863 g/mol. The average molecular weight is 910 g/mol. The molecule has 0 spiro atoms. The van der Waals surface area contributed by atoms with Gasteiger partial charge in [0, 0.05) is 55.4 Å². The van der Waals surface area contributed by atoms with Gasteiger partial charge >= 0.3 is 0 Å². The van der Waals surface area contributed by atoms with E-state index in [-0.39, 0.29) is 6.04 Å². The van der Waals surface area contributed by atoms with Gasteiger partial charge in [0.1, 0.15) is 0 Å². The Morgan fingerprint density at radius 3 is 1.54 bits per heavy atom. The molecule has 1 atom stereocenters. The summed E-state index contributed by atoms with van der Waals surface area (Å²) >= 11 is 0. The highest BCUT2D eigenvalue weighted by Gasteiger charge is 2.41. The molecule has 0 amide bonds. The Balaban J connectivity index is 0.893. The van der Waals surface area contributed by atoms with Gasteiger partial charge in [-0.15, -0.1) is 0 Å². The number of rotatable bonds is 9. The number of benzene rings is 10. The summed E-state index contributed by atoms with van der Waals surface area (Å²) in [5.74, 6) is 0. The second kappa shape index (κ2) is 16.2. The van der Waals surface area contributed by atoms with E-state index < -0.39 is 8.07 Å². The monoisotopic (exact) mass is 909 g/mol. The van der Waals surface area contributed by atoms with Gasteiger partial charge in [-0.05, 0) is 105 Å². The summed E-state index contributed by atoms with van der Waals surface area (Å²) in [6, 6.07) is 94.8. The van der Waals surface area contributed by atoms with Crippen LogP contribution in [0.4, 0.5) is 11.4 Å². The van der Waals surface area contributed by atoms with Crippen molar-refractivity contribution >= 4 is 89.4 Å². The van der Waals surface area contributed by atoms with Crippen LogP contribution in [-0.2, 0) is 0 Å². The minimum absolute atomic E-state index is 0.245. The maximum Gasteiger partial charge on any atom is 0.179 e.